The highest BCUT2D eigenvalue weighted by Gasteiger charge is 2.26. The Morgan fingerprint density at radius 3 is 2.62 bits per heavy atom. The Morgan fingerprint density at radius 2 is 1.93 bits per heavy atom. The van der Waals surface area contributed by atoms with E-state index >= 15 is 0 Å². The summed E-state index contributed by atoms with van der Waals surface area (Å²) in [6, 6.07) is 18.3. The zero-order valence-electron chi connectivity index (χ0n) is 16.6. The summed E-state index contributed by atoms with van der Waals surface area (Å²) in [6.45, 7) is 2.86. The monoisotopic (exact) mass is 409 g/mol. The number of nitrogens with one attached hydrogen (secondary N) is 1. The third kappa shape index (κ3) is 6.14. The van der Waals surface area contributed by atoms with Crippen LogP contribution in [0.5, 0.6) is 0 Å². The van der Waals surface area contributed by atoms with Gasteiger partial charge in [-0.25, -0.2) is 4.79 Å². The van der Waals surface area contributed by atoms with Gasteiger partial charge in [0.2, 0.25) is 0 Å². The van der Waals surface area contributed by atoms with E-state index in [0.717, 1.165) is 16.9 Å². The van der Waals surface area contributed by atoms with E-state index in [0.29, 0.717) is 13.0 Å². The van der Waals surface area contributed by atoms with Crippen molar-refractivity contribution in [1.82, 2.24) is 10.3 Å². The third-order valence-corrected chi connectivity index (χ3v) is 5.74. The Morgan fingerprint density at radius 1 is 1.17 bits per heavy atom. The number of ether oxygens (including phenoxy) is 1. The molecule has 5 nitrogen and oxygen atoms in total. The van der Waals surface area contributed by atoms with Crippen LogP contribution in [-0.2, 0) is 17.8 Å². The van der Waals surface area contributed by atoms with Gasteiger partial charge in [0.25, 0.3) is 0 Å². The fraction of sp³-hybridized carbons (Fsp3) is 0.304. The predicted octanol–water partition coefficient (Wildman–Crippen LogP) is 4.42. The SMILES string of the molecule is Cc1ccccc1C(CCN)[C@H](Cc1ccccc1)NC(=O)OCc1cncs1. The topological polar surface area (TPSA) is 77.2 Å². The molecular formula is C23H27N3O2S. The minimum absolute atomic E-state index is 0.0948. The smallest absolute Gasteiger partial charge is 0.407 e. The van der Waals surface area contributed by atoms with Crippen molar-refractivity contribution in [2.45, 2.75) is 38.3 Å². The van der Waals surface area contributed by atoms with E-state index in [-0.39, 0.29) is 18.6 Å². The van der Waals surface area contributed by atoms with E-state index < -0.39 is 6.09 Å². The zero-order valence-corrected chi connectivity index (χ0v) is 17.4. The van der Waals surface area contributed by atoms with Gasteiger partial charge in [-0.05, 0) is 43.0 Å². The molecule has 1 aromatic heterocycles. The molecule has 0 aliphatic carbocycles. The van der Waals surface area contributed by atoms with E-state index in [2.05, 4.69) is 41.5 Å². The average molecular weight is 410 g/mol. The van der Waals surface area contributed by atoms with Crippen molar-refractivity contribution < 1.29 is 9.53 Å². The van der Waals surface area contributed by atoms with E-state index in [9.17, 15) is 4.79 Å². The van der Waals surface area contributed by atoms with Crippen LogP contribution in [0.4, 0.5) is 4.79 Å². The molecule has 0 aliphatic rings. The van der Waals surface area contributed by atoms with Gasteiger partial charge in [0.1, 0.15) is 6.61 Å². The summed E-state index contributed by atoms with van der Waals surface area (Å²) >= 11 is 1.47. The maximum atomic E-state index is 12.6. The van der Waals surface area contributed by atoms with Crippen molar-refractivity contribution in [2.24, 2.45) is 5.73 Å². The molecule has 3 N–H and O–H groups in total. The molecule has 0 aliphatic heterocycles. The van der Waals surface area contributed by atoms with Gasteiger partial charge in [0, 0.05) is 18.2 Å². The molecule has 1 amide bonds. The minimum atomic E-state index is -0.421. The number of benzene rings is 2. The normalized spacial score (nSPS) is 12.9. The van der Waals surface area contributed by atoms with Crippen LogP contribution < -0.4 is 11.1 Å². The van der Waals surface area contributed by atoms with E-state index in [4.69, 9.17) is 10.5 Å². The number of hydrogen-bond donors (Lipinski definition) is 2. The highest BCUT2D eigenvalue weighted by Crippen LogP contribution is 2.28. The molecule has 3 aromatic rings. The highest BCUT2D eigenvalue weighted by atomic mass is 32.1. The van der Waals surface area contributed by atoms with Crippen molar-refractivity contribution in [3.05, 3.63) is 87.9 Å². The number of rotatable bonds is 9. The van der Waals surface area contributed by atoms with Crippen molar-refractivity contribution in [3.63, 3.8) is 0 Å². The average Bonchev–Trinajstić information content (AvgIpc) is 3.25. The Labute approximate surface area is 175 Å². The van der Waals surface area contributed by atoms with Crippen molar-refractivity contribution in [3.8, 4) is 0 Å². The maximum Gasteiger partial charge on any atom is 0.407 e. The fourth-order valence-electron chi connectivity index (χ4n) is 3.56. The van der Waals surface area contributed by atoms with Crippen LogP contribution in [0.25, 0.3) is 0 Å². The molecule has 1 heterocycles. The van der Waals surface area contributed by atoms with Gasteiger partial charge >= 0.3 is 6.09 Å². The minimum Gasteiger partial charge on any atom is -0.444 e. The molecule has 0 spiro atoms. The first-order valence-corrected chi connectivity index (χ1v) is 10.7. The molecule has 0 bridgehead atoms. The van der Waals surface area contributed by atoms with Crippen molar-refractivity contribution in [2.75, 3.05) is 6.54 Å². The number of carbonyl (C=O) groups excluding carboxylic acids is 1. The summed E-state index contributed by atoms with van der Waals surface area (Å²) in [6.07, 6.45) is 2.77. The van der Waals surface area contributed by atoms with Crippen LogP contribution in [0.3, 0.4) is 0 Å². The number of hydrogen-bond acceptors (Lipinski definition) is 5. The summed E-state index contributed by atoms with van der Waals surface area (Å²) in [7, 11) is 0. The number of carbonyl (C=O) groups is 1. The number of nitrogens with two attached hydrogens (primary N) is 1. The molecule has 6 heteroatoms. The number of thiazole rings is 1. The molecule has 2 atom stereocenters. The summed E-state index contributed by atoms with van der Waals surface area (Å²) in [5, 5.41) is 3.11. The number of nitrogens with zero attached hydrogens (tertiary/aromatic N) is 1. The molecule has 0 radical (unpaired) electrons. The van der Waals surface area contributed by atoms with Gasteiger partial charge in [-0.1, -0.05) is 54.6 Å². The second-order valence-corrected chi connectivity index (χ2v) is 8.00. The second-order valence-electron chi connectivity index (χ2n) is 7.02. The van der Waals surface area contributed by atoms with Crippen LogP contribution in [0.2, 0.25) is 0 Å². The fourth-order valence-corrected chi connectivity index (χ4v) is 4.07. The Kier molecular flexibility index (Phi) is 7.78. The lowest BCUT2D eigenvalue weighted by molar-refractivity contribution is 0.134. The van der Waals surface area contributed by atoms with Crippen molar-refractivity contribution in [1.29, 1.82) is 0 Å². The molecular weight excluding hydrogens is 382 g/mol. The van der Waals surface area contributed by atoms with Gasteiger partial charge in [-0.2, -0.15) is 0 Å². The van der Waals surface area contributed by atoms with Gasteiger partial charge < -0.3 is 15.8 Å². The molecule has 29 heavy (non-hydrogen) atoms. The van der Waals surface area contributed by atoms with Gasteiger partial charge in [0.15, 0.2) is 0 Å². The summed E-state index contributed by atoms with van der Waals surface area (Å²) in [5.74, 6) is 0.0948. The quantitative estimate of drug-likeness (QED) is 0.548. The highest BCUT2D eigenvalue weighted by molar-refractivity contribution is 7.09. The van der Waals surface area contributed by atoms with Gasteiger partial charge in [-0.15, -0.1) is 11.3 Å². The van der Waals surface area contributed by atoms with E-state index in [1.165, 1.54) is 22.5 Å². The molecule has 0 saturated heterocycles. The van der Waals surface area contributed by atoms with E-state index in [1.54, 1.807) is 11.7 Å². The lowest BCUT2D eigenvalue weighted by atomic mass is 9.83. The second kappa shape index (κ2) is 10.7. The summed E-state index contributed by atoms with van der Waals surface area (Å²) in [4.78, 5) is 17.5. The molecule has 0 fully saturated rings. The summed E-state index contributed by atoms with van der Waals surface area (Å²) < 4.78 is 5.44. The number of aryl methyl sites for hydroxylation is 1. The first-order chi connectivity index (χ1) is 14.2. The number of alkyl carbamates (subject to hydrolysis) is 1. The predicted molar refractivity (Wildman–Crippen MR) is 117 cm³/mol. The Hall–Kier alpha value is -2.70. The standard InChI is InChI=1S/C23H27N3O2S/c1-17-7-5-6-10-20(17)21(11-12-24)22(13-18-8-3-2-4-9-18)26-23(27)28-15-19-14-25-16-29-19/h2-10,14,16,21-22H,11-13,15,24H2,1H3,(H,26,27)/t21?,22-/m0/s1. The first-order valence-electron chi connectivity index (χ1n) is 9.77. The Balaban J connectivity index is 1.80. The van der Waals surface area contributed by atoms with Gasteiger partial charge in [0.05, 0.1) is 10.4 Å². The first kappa shape index (κ1) is 21.0. The lowest BCUT2D eigenvalue weighted by Crippen LogP contribution is -2.42. The largest absolute Gasteiger partial charge is 0.444 e. The Bertz CT molecular complexity index is 884. The molecule has 2 aromatic carbocycles. The number of aromatic nitrogens is 1. The van der Waals surface area contributed by atoms with Crippen LogP contribution in [0.15, 0.2) is 66.3 Å². The summed E-state index contributed by atoms with van der Waals surface area (Å²) in [5.41, 5.74) is 11.2. The van der Waals surface area contributed by atoms with E-state index in [1.807, 2.05) is 30.3 Å². The molecule has 3 rings (SSSR count). The van der Waals surface area contributed by atoms with Crippen LogP contribution >= 0.6 is 11.3 Å². The maximum absolute atomic E-state index is 12.6. The van der Waals surface area contributed by atoms with Crippen molar-refractivity contribution >= 4 is 17.4 Å². The zero-order chi connectivity index (χ0) is 20.5. The van der Waals surface area contributed by atoms with Crippen LogP contribution in [-0.4, -0.2) is 23.7 Å². The molecule has 1 unspecified atom stereocenters. The van der Waals surface area contributed by atoms with Crippen LogP contribution in [0.1, 0.15) is 33.9 Å². The molecule has 152 valence electrons. The van der Waals surface area contributed by atoms with Gasteiger partial charge in [-0.3, -0.25) is 4.98 Å². The number of amides is 1. The third-order valence-electron chi connectivity index (χ3n) is 4.98. The molecule has 0 saturated carbocycles. The lowest BCUT2D eigenvalue weighted by Gasteiger charge is -2.29. The van der Waals surface area contributed by atoms with Crippen LogP contribution in [0, 0.1) is 6.92 Å².